The van der Waals surface area contributed by atoms with Crippen molar-refractivity contribution < 1.29 is 22.0 Å². The van der Waals surface area contributed by atoms with Gasteiger partial charge in [-0.15, -0.1) is 0 Å². The number of nitrogens with one attached hydrogen (secondary N) is 1. The third kappa shape index (κ3) is 3.43. The Hall–Kier alpha value is -3.26. The second-order valence-electron chi connectivity index (χ2n) is 6.89. The predicted octanol–water partition coefficient (Wildman–Crippen LogP) is 4.34. The number of anilines is 2. The number of amides is 1. The Morgan fingerprint density at radius 2 is 1.77 bits per heavy atom. The van der Waals surface area contributed by atoms with Gasteiger partial charge >= 0.3 is 0 Å². The topological polar surface area (TPSA) is 66.5 Å². The number of rotatable bonds is 4. The third-order valence-corrected chi connectivity index (χ3v) is 6.79. The van der Waals surface area contributed by atoms with E-state index in [9.17, 15) is 22.0 Å². The molecule has 0 fully saturated rings. The van der Waals surface area contributed by atoms with Crippen molar-refractivity contribution in [2.45, 2.75) is 18.2 Å². The minimum Gasteiger partial charge on any atom is -0.322 e. The summed E-state index contributed by atoms with van der Waals surface area (Å²) in [6, 6.07) is 14.7. The molecule has 3 aromatic rings. The van der Waals surface area contributed by atoms with E-state index in [0.29, 0.717) is 22.9 Å². The molecule has 1 aliphatic rings. The maximum Gasteiger partial charge on any atom is 0.265 e. The molecular formula is C22H18F2N2O3S. The van der Waals surface area contributed by atoms with E-state index < -0.39 is 34.1 Å². The van der Waals surface area contributed by atoms with Crippen LogP contribution in [-0.2, 0) is 21.2 Å². The molecule has 1 aliphatic heterocycles. The second-order valence-corrected chi connectivity index (χ2v) is 8.72. The van der Waals surface area contributed by atoms with Gasteiger partial charge in [-0.1, -0.05) is 31.2 Å². The quantitative estimate of drug-likeness (QED) is 0.672. The fourth-order valence-electron chi connectivity index (χ4n) is 3.48. The van der Waals surface area contributed by atoms with Gasteiger partial charge in [0.15, 0.2) is 0 Å². The van der Waals surface area contributed by atoms with Crippen molar-refractivity contribution in [3.63, 3.8) is 0 Å². The summed E-state index contributed by atoms with van der Waals surface area (Å²) in [6.45, 7) is 1.45. The molecule has 0 aliphatic carbocycles. The van der Waals surface area contributed by atoms with Gasteiger partial charge in [0, 0.05) is 17.2 Å². The van der Waals surface area contributed by atoms with Gasteiger partial charge in [0.1, 0.15) is 18.2 Å². The van der Waals surface area contributed by atoms with Crippen molar-refractivity contribution in [3.8, 4) is 11.1 Å². The van der Waals surface area contributed by atoms with Crippen molar-refractivity contribution in [2.75, 3.05) is 16.2 Å². The van der Waals surface area contributed by atoms with Crippen molar-refractivity contribution in [1.29, 1.82) is 0 Å². The van der Waals surface area contributed by atoms with Gasteiger partial charge in [0.2, 0.25) is 5.91 Å². The van der Waals surface area contributed by atoms with Crippen LogP contribution in [0.15, 0.2) is 65.6 Å². The Kier molecular flexibility index (Phi) is 5.03. The highest BCUT2D eigenvalue weighted by atomic mass is 32.2. The van der Waals surface area contributed by atoms with Crippen LogP contribution in [0.5, 0.6) is 0 Å². The Morgan fingerprint density at radius 3 is 2.50 bits per heavy atom. The molecule has 5 nitrogen and oxygen atoms in total. The van der Waals surface area contributed by atoms with E-state index in [-0.39, 0.29) is 10.6 Å². The third-order valence-electron chi connectivity index (χ3n) is 4.98. The number of fused-ring (bicyclic) bond motifs is 3. The van der Waals surface area contributed by atoms with Gasteiger partial charge in [-0.25, -0.2) is 17.2 Å². The highest BCUT2D eigenvalue weighted by Gasteiger charge is 2.36. The van der Waals surface area contributed by atoms with Crippen molar-refractivity contribution in [1.82, 2.24) is 0 Å². The number of benzene rings is 3. The normalized spacial score (nSPS) is 14.0. The molecule has 1 heterocycles. The first-order valence-corrected chi connectivity index (χ1v) is 10.7. The number of carbonyl (C=O) groups excluding carboxylic acids is 1. The lowest BCUT2D eigenvalue weighted by Crippen LogP contribution is -2.40. The molecular weight excluding hydrogens is 410 g/mol. The zero-order valence-corrected chi connectivity index (χ0v) is 16.8. The summed E-state index contributed by atoms with van der Waals surface area (Å²) in [6.07, 6.45) is 0.770. The number of hydrogen-bond acceptors (Lipinski definition) is 3. The lowest BCUT2D eigenvalue weighted by Gasteiger charge is -2.32. The highest BCUT2D eigenvalue weighted by Crippen LogP contribution is 2.43. The van der Waals surface area contributed by atoms with Gasteiger partial charge < -0.3 is 5.32 Å². The molecule has 4 rings (SSSR count). The first-order valence-electron chi connectivity index (χ1n) is 9.31. The van der Waals surface area contributed by atoms with Crippen molar-refractivity contribution in [2.24, 2.45) is 0 Å². The lowest BCUT2D eigenvalue weighted by atomic mass is 9.99. The average molecular weight is 428 g/mol. The summed E-state index contributed by atoms with van der Waals surface area (Å²) in [4.78, 5) is 12.7. The monoisotopic (exact) mass is 428 g/mol. The molecule has 0 aromatic heterocycles. The molecule has 0 radical (unpaired) electrons. The number of carbonyl (C=O) groups is 1. The van der Waals surface area contributed by atoms with Crippen molar-refractivity contribution >= 4 is 27.3 Å². The zero-order chi connectivity index (χ0) is 21.5. The van der Waals surface area contributed by atoms with Gasteiger partial charge in [-0.3, -0.25) is 9.10 Å². The maximum absolute atomic E-state index is 13.9. The average Bonchev–Trinajstić information content (AvgIpc) is 2.73. The summed E-state index contributed by atoms with van der Waals surface area (Å²) in [5.41, 5.74) is 2.46. The molecule has 0 unspecified atom stereocenters. The molecule has 154 valence electrons. The first kappa shape index (κ1) is 20.0. The molecule has 0 bridgehead atoms. The van der Waals surface area contributed by atoms with Gasteiger partial charge in [0.05, 0.1) is 16.3 Å². The van der Waals surface area contributed by atoms with Gasteiger partial charge in [-0.2, -0.15) is 0 Å². The molecule has 3 aromatic carbocycles. The predicted molar refractivity (Wildman–Crippen MR) is 111 cm³/mol. The van der Waals surface area contributed by atoms with E-state index >= 15 is 0 Å². The van der Waals surface area contributed by atoms with Crippen molar-refractivity contribution in [3.05, 3.63) is 77.9 Å². The van der Waals surface area contributed by atoms with Crippen LogP contribution in [0.25, 0.3) is 11.1 Å². The number of aryl methyl sites for hydroxylation is 1. The molecule has 0 spiro atoms. The summed E-state index contributed by atoms with van der Waals surface area (Å²) < 4.78 is 54.5. The summed E-state index contributed by atoms with van der Waals surface area (Å²) in [5.74, 6) is -2.46. The maximum atomic E-state index is 13.9. The second kappa shape index (κ2) is 7.53. The minimum absolute atomic E-state index is 0.103. The Labute approximate surface area is 173 Å². The van der Waals surface area contributed by atoms with E-state index in [1.54, 1.807) is 24.3 Å². The van der Waals surface area contributed by atoms with Crippen LogP contribution in [0.1, 0.15) is 12.5 Å². The molecule has 1 N–H and O–H groups in total. The SMILES string of the molecule is CCc1ccc2c(c1)-c1ccccc1S(=O)(=O)N2CC(=O)Nc1ccc(F)cc1F. The fraction of sp³-hybridized carbons (Fsp3) is 0.136. The van der Waals surface area contributed by atoms with E-state index in [4.69, 9.17) is 0 Å². The molecule has 0 atom stereocenters. The van der Waals surface area contributed by atoms with Crippen LogP contribution in [0, 0.1) is 11.6 Å². The zero-order valence-electron chi connectivity index (χ0n) is 16.0. The molecule has 0 saturated carbocycles. The van der Waals surface area contributed by atoms with Crippen LogP contribution in [0.4, 0.5) is 20.2 Å². The summed E-state index contributed by atoms with van der Waals surface area (Å²) >= 11 is 0. The molecule has 0 saturated heterocycles. The minimum atomic E-state index is -4.00. The van der Waals surface area contributed by atoms with Gasteiger partial charge in [0.25, 0.3) is 10.0 Å². The van der Waals surface area contributed by atoms with Crippen LogP contribution in [0.2, 0.25) is 0 Å². The Balaban J connectivity index is 1.73. The standard InChI is InChI=1S/C22H18F2N2O3S/c1-2-14-7-10-20-17(11-14)16-5-3-4-6-21(16)30(28,29)26(20)13-22(27)25-19-9-8-15(23)12-18(19)24/h3-12H,2,13H2,1H3,(H,25,27). The number of nitrogens with zero attached hydrogens (tertiary/aromatic N) is 1. The van der Waals surface area contributed by atoms with E-state index in [1.165, 1.54) is 6.07 Å². The number of halogens is 2. The lowest BCUT2D eigenvalue weighted by molar-refractivity contribution is -0.114. The highest BCUT2D eigenvalue weighted by molar-refractivity contribution is 7.93. The van der Waals surface area contributed by atoms with Gasteiger partial charge in [-0.05, 0) is 42.3 Å². The smallest absolute Gasteiger partial charge is 0.265 e. The Bertz CT molecular complexity index is 1260. The van der Waals surface area contributed by atoms with E-state index in [1.807, 2.05) is 19.1 Å². The molecule has 1 amide bonds. The van der Waals surface area contributed by atoms with Crippen LogP contribution >= 0.6 is 0 Å². The fourth-order valence-corrected chi connectivity index (χ4v) is 5.13. The molecule has 30 heavy (non-hydrogen) atoms. The van der Waals surface area contributed by atoms with Crippen LogP contribution in [0.3, 0.4) is 0 Å². The largest absolute Gasteiger partial charge is 0.322 e. The Morgan fingerprint density at radius 1 is 1.00 bits per heavy atom. The first-order chi connectivity index (χ1) is 14.3. The van der Waals surface area contributed by atoms with Crippen LogP contribution < -0.4 is 9.62 Å². The number of hydrogen-bond donors (Lipinski definition) is 1. The van der Waals surface area contributed by atoms with Crippen LogP contribution in [-0.4, -0.2) is 20.9 Å². The summed E-state index contributed by atoms with van der Waals surface area (Å²) in [5, 5.41) is 2.31. The number of sulfonamides is 1. The van der Waals surface area contributed by atoms with E-state index in [0.717, 1.165) is 28.4 Å². The van der Waals surface area contributed by atoms with E-state index in [2.05, 4.69) is 5.32 Å². The molecule has 8 heteroatoms. The summed E-state index contributed by atoms with van der Waals surface area (Å²) in [7, 11) is -4.00.